The Kier molecular flexibility index (Phi) is 5.35. The number of sulfonamides is 1. The number of non-ortho nitro benzene ring substituents is 1. The molecule has 0 aromatic heterocycles. The molecule has 0 bridgehead atoms. The summed E-state index contributed by atoms with van der Waals surface area (Å²) >= 11 is 0. The molecule has 9 heteroatoms. The third kappa shape index (κ3) is 4.47. The Bertz CT molecular complexity index is 651. The number of rotatable bonds is 6. The minimum absolute atomic E-state index is 0.0240. The Morgan fingerprint density at radius 1 is 1.26 bits per heavy atom. The molecule has 8 nitrogen and oxygen atoms in total. The van der Waals surface area contributed by atoms with Gasteiger partial charge in [0.15, 0.2) is 0 Å². The van der Waals surface area contributed by atoms with Gasteiger partial charge < -0.3 is 9.64 Å². The second-order valence-corrected chi connectivity index (χ2v) is 7.94. The van der Waals surface area contributed by atoms with Crippen LogP contribution in [0.15, 0.2) is 29.2 Å². The van der Waals surface area contributed by atoms with Crippen molar-refractivity contribution in [1.29, 1.82) is 0 Å². The molecule has 0 aliphatic carbocycles. The number of morpholine rings is 1. The molecule has 0 unspecified atom stereocenters. The van der Waals surface area contributed by atoms with E-state index in [-0.39, 0.29) is 22.7 Å². The lowest BCUT2D eigenvalue weighted by Gasteiger charge is -2.37. The topological polar surface area (TPSA) is 103 Å². The largest absolute Gasteiger partial charge is 0.370 e. The summed E-state index contributed by atoms with van der Waals surface area (Å²) in [4.78, 5) is 11.4. The van der Waals surface area contributed by atoms with Gasteiger partial charge in [-0.3, -0.25) is 10.1 Å². The summed E-state index contributed by atoms with van der Waals surface area (Å²) in [5.74, 6) is 0. The fourth-order valence-corrected chi connectivity index (χ4v) is 3.74. The zero-order valence-corrected chi connectivity index (χ0v) is 14.1. The third-order valence-corrected chi connectivity index (χ3v) is 5.53. The predicted octanol–water partition coefficient (Wildman–Crippen LogP) is -0.433. The van der Waals surface area contributed by atoms with Crippen LogP contribution in [-0.2, 0) is 14.8 Å². The summed E-state index contributed by atoms with van der Waals surface area (Å²) < 4.78 is 32.6. The molecule has 0 saturated carbocycles. The second kappa shape index (κ2) is 6.91. The van der Waals surface area contributed by atoms with Gasteiger partial charge in [0.25, 0.3) is 5.69 Å². The highest BCUT2D eigenvalue weighted by Crippen LogP contribution is 2.15. The first kappa shape index (κ1) is 17.8. The minimum Gasteiger partial charge on any atom is -0.370 e. The third-order valence-electron chi connectivity index (χ3n) is 4.12. The molecule has 1 heterocycles. The first-order valence-corrected chi connectivity index (χ1v) is 8.88. The number of nitro groups is 1. The van der Waals surface area contributed by atoms with E-state index in [9.17, 15) is 18.5 Å². The van der Waals surface area contributed by atoms with E-state index in [0.29, 0.717) is 13.2 Å². The summed E-state index contributed by atoms with van der Waals surface area (Å²) in [6, 6.07) is 4.87. The van der Waals surface area contributed by atoms with Crippen molar-refractivity contribution in [3.05, 3.63) is 34.4 Å². The molecular formula is C14H22N3O5S+. The number of nitro benzene ring substituents is 1. The first-order chi connectivity index (χ1) is 10.7. The molecule has 1 aliphatic rings. The van der Waals surface area contributed by atoms with E-state index < -0.39 is 14.9 Å². The van der Waals surface area contributed by atoms with E-state index in [2.05, 4.69) is 4.72 Å². The fourth-order valence-electron chi connectivity index (χ4n) is 2.53. The first-order valence-electron chi connectivity index (χ1n) is 7.39. The Morgan fingerprint density at radius 3 is 2.35 bits per heavy atom. The molecule has 1 aromatic rings. The number of ether oxygens (including phenoxy) is 1. The van der Waals surface area contributed by atoms with Gasteiger partial charge in [0, 0.05) is 12.1 Å². The molecule has 1 saturated heterocycles. The second-order valence-electron chi connectivity index (χ2n) is 6.18. The Balaban J connectivity index is 2.04. The van der Waals surface area contributed by atoms with Crippen molar-refractivity contribution >= 4 is 15.7 Å². The molecule has 23 heavy (non-hydrogen) atoms. The Hall–Kier alpha value is -1.55. The van der Waals surface area contributed by atoms with E-state index in [1.165, 1.54) is 29.2 Å². The molecule has 2 rings (SSSR count). The van der Waals surface area contributed by atoms with Crippen molar-refractivity contribution in [2.24, 2.45) is 0 Å². The van der Waals surface area contributed by atoms with Crippen molar-refractivity contribution in [3.8, 4) is 0 Å². The average molecular weight is 344 g/mol. The van der Waals surface area contributed by atoms with Crippen LogP contribution in [0, 0.1) is 10.1 Å². The Morgan fingerprint density at radius 2 is 1.83 bits per heavy atom. The molecule has 0 amide bonds. The maximum absolute atomic E-state index is 12.3. The lowest BCUT2D eigenvalue weighted by molar-refractivity contribution is -0.954. The van der Waals surface area contributed by atoms with Crippen molar-refractivity contribution in [2.75, 3.05) is 32.8 Å². The fraction of sp³-hybridized carbons (Fsp3) is 0.571. The SMILES string of the molecule is CC(C)(CNS(=O)(=O)c1ccc([N+](=O)[O-])cc1)[NH+]1CCOCC1. The van der Waals surface area contributed by atoms with Gasteiger partial charge >= 0.3 is 0 Å². The molecule has 0 atom stereocenters. The highest BCUT2D eigenvalue weighted by Gasteiger charge is 2.33. The molecule has 1 aromatic carbocycles. The van der Waals surface area contributed by atoms with E-state index >= 15 is 0 Å². The number of hydrogen-bond donors (Lipinski definition) is 2. The monoisotopic (exact) mass is 344 g/mol. The van der Waals surface area contributed by atoms with Crippen molar-refractivity contribution in [2.45, 2.75) is 24.3 Å². The van der Waals surface area contributed by atoms with E-state index in [4.69, 9.17) is 4.74 Å². The summed E-state index contributed by atoms with van der Waals surface area (Å²) in [6.07, 6.45) is 0. The van der Waals surface area contributed by atoms with Gasteiger partial charge in [0.05, 0.1) is 29.6 Å². The summed E-state index contributed by atoms with van der Waals surface area (Å²) in [7, 11) is -3.69. The quantitative estimate of drug-likeness (QED) is 0.538. The lowest BCUT2D eigenvalue weighted by atomic mass is 10.0. The van der Waals surface area contributed by atoms with Gasteiger partial charge in [-0.15, -0.1) is 0 Å². The smallest absolute Gasteiger partial charge is 0.269 e. The van der Waals surface area contributed by atoms with Gasteiger partial charge in [0.1, 0.15) is 18.6 Å². The van der Waals surface area contributed by atoms with Crippen molar-refractivity contribution in [1.82, 2.24) is 4.72 Å². The maximum Gasteiger partial charge on any atom is 0.269 e. The summed E-state index contributed by atoms with van der Waals surface area (Å²) in [5, 5.41) is 10.6. The molecule has 1 aliphatic heterocycles. The zero-order valence-electron chi connectivity index (χ0n) is 13.2. The standard InChI is InChI=1S/C14H21N3O5S/c1-14(2,16-7-9-22-10-8-16)11-15-23(20,21)13-5-3-12(4-6-13)17(18)19/h3-6,15H,7-11H2,1-2H3/p+1. The van der Waals surface area contributed by atoms with Crippen LogP contribution < -0.4 is 9.62 Å². The zero-order chi connectivity index (χ0) is 17.1. The molecule has 128 valence electrons. The minimum atomic E-state index is -3.69. The molecule has 2 N–H and O–H groups in total. The van der Waals surface area contributed by atoms with Crippen LogP contribution in [0.2, 0.25) is 0 Å². The van der Waals surface area contributed by atoms with Crippen LogP contribution in [0.3, 0.4) is 0 Å². The summed E-state index contributed by atoms with van der Waals surface area (Å²) in [6.45, 7) is 7.32. The highest BCUT2D eigenvalue weighted by atomic mass is 32.2. The van der Waals surface area contributed by atoms with Gasteiger partial charge in [-0.1, -0.05) is 0 Å². The summed E-state index contributed by atoms with van der Waals surface area (Å²) in [5.41, 5.74) is -0.403. The molecule has 1 fully saturated rings. The van der Waals surface area contributed by atoms with E-state index in [1.54, 1.807) is 0 Å². The van der Waals surface area contributed by atoms with Crippen LogP contribution in [-0.4, -0.2) is 51.7 Å². The van der Waals surface area contributed by atoms with Crippen LogP contribution in [0.4, 0.5) is 5.69 Å². The van der Waals surface area contributed by atoms with Crippen LogP contribution in [0.25, 0.3) is 0 Å². The predicted molar refractivity (Wildman–Crippen MR) is 83.9 cm³/mol. The molecule has 0 spiro atoms. The Labute approximate surface area is 135 Å². The van der Waals surface area contributed by atoms with E-state index in [0.717, 1.165) is 13.1 Å². The molecular weight excluding hydrogens is 322 g/mol. The number of hydrogen-bond acceptors (Lipinski definition) is 5. The normalized spacial score (nSPS) is 17.1. The van der Waals surface area contributed by atoms with E-state index in [1.807, 2.05) is 13.8 Å². The van der Waals surface area contributed by atoms with Crippen LogP contribution in [0.5, 0.6) is 0 Å². The van der Waals surface area contributed by atoms with Gasteiger partial charge in [0.2, 0.25) is 10.0 Å². The van der Waals surface area contributed by atoms with Crippen LogP contribution >= 0.6 is 0 Å². The number of nitrogens with one attached hydrogen (secondary N) is 2. The highest BCUT2D eigenvalue weighted by molar-refractivity contribution is 7.89. The van der Waals surface area contributed by atoms with Crippen LogP contribution in [0.1, 0.15) is 13.8 Å². The average Bonchev–Trinajstić information content (AvgIpc) is 2.54. The van der Waals surface area contributed by atoms with Gasteiger partial charge in [-0.2, -0.15) is 0 Å². The maximum atomic E-state index is 12.3. The van der Waals surface area contributed by atoms with Gasteiger partial charge in [-0.25, -0.2) is 13.1 Å². The lowest BCUT2D eigenvalue weighted by Crippen LogP contribution is -3.22. The van der Waals surface area contributed by atoms with Crippen molar-refractivity contribution in [3.63, 3.8) is 0 Å². The van der Waals surface area contributed by atoms with Crippen molar-refractivity contribution < 1.29 is 23.0 Å². The van der Waals surface area contributed by atoms with Gasteiger partial charge in [-0.05, 0) is 26.0 Å². The molecule has 0 radical (unpaired) electrons. The number of benzene rings is 1. The number of quaternary nitrogens is 1. The number of nitrogens with zero attached hydrogens (tertiary/aromatic N) is 1.